The topological polar surface area (TPSA) is 71.5 Å². The smallest absolute Gasteiger partial charge is 0.171 e. The van der Waals surface area contributed by atoms with Crippen molar-refractivity contribution in [3.63, 3.8) is 0 Å². The lowest BCUT2D eigenvalue weighted by Gasteiger charge is -2.07. The highest BCUT2D eigenvalue weighted by atomic mass is 32.2. The third-order valence-electron chi connectivity index (χ3n) is 2.99. The molecule has 4 nitrogen and oxygen atoms in total. The summed E-state index contributed by atoms with van der Waals surface area (Å²) in [6.45, 7) is 1.97. The second-order valence-corrected chi connectivity index (χ2v) is 6.85. The van der Waals surface area contributed by atoms with Gasteiger partial charge < -0.3 is 10.9 Å². The van der Waals surface area contributed by atoms with E-state index in [-0.39, 0.29) is 5.84 Å². The standard InChI is InChI=1S/C15H13N3OS2/c1-9-6-7-12(10(8-9)14(16)18-19)20-15-17-11-4-2-3-5-13(11)21-15/h2-8,19H,1H3,(H2,16,18). The summed E-state index contributed by atoms with van der Waals surface area (Å²) in [4.78, 5) is 5.52. The molecular formula is C15H13N3OS2. The van der Waals surface area contributed by atoms with Gasteiger partial charge in [-0.05, 0) is 31.2 Å². The molecule has 6 heteroatoms. The van der Waals surface area contributed by atoms with E-state index in [2.05, 4.69) is 16.2 Å². The van der Waals surface area contributed by atoms with E-state index in [4.69, 9.17) is 10.9 Å². The lowest BCUT2D eigenvalue weighted by atomic mass is 10.1. The normalized spacial score (nSPS) is 12.0. The minimum atomic E-state index is 0.113. The molecule has 0 bridgehead atoms. The molecule has 0 atom stereocenters. The Labute approximate surface area is 130 Å². The van der Waals surface area contributed by atoms with Crippen molar-refractivity contribution in [1.29, 1.82) is 0 Å². The second-order valence-electron chi connectivity index (χ2n) is 4.53. The van der Waals surface area contributed by atoms with Crippen LogP contribution in [0, 0.1) is 6.92 Å². The van der Waals surface area contributed by atoms with Crippen molar-refractivity contribution in [2.45, 2.75) is 16.2 Å². The number of hydrogen-bond donors (Lipinski definition) is 2. The number of rotatable bonds is 3. The van der Waals surface area contributed by atoms with Crippen molar-refractivity contribution >= 4 is 39.2 Å². The first-order chi connectivity index (χ1) is 10.2. The van der Waals surface area contributed by atoms with Crippen molar-refractivity contribution in [2.75, 3.05) is 0 Å². The maximum absolute atomic E-state index is 8.92. The molecule has 21 heavy (non-hydrogen) atoms. The minimum Gasteiger partial charge on any atom is -0.409 e. The number of oxime groups is 1. The summed E-state index contributed by atoms with van der Waals surface area (Å²) < 4.78 is 2.09. The second kappa shape index (κ2) is 5.75. The van der Waals surface area contributed by atoms with Crippen LogP contribution in [0.5, 0.6) is 0 Å². The van der Waals surface area contributed by atoms with Crippen LogP contribution in [0.3, 0.4) is 0 Å². The van der Waals surface area contributed by atoms with Crippen molar-refractivity contribution in [3.05, 3.63) is 53.6 Å². The van der Waals surface area contributed by atoms with E-state index in [1.54, 1.807) is 11.3 Å². The molecule has 3 rings (SSSR count). The largest absolute Gasteiger partial charge is 0.409 e. The number of aromatic nitrogens is 1. The molecule has 0 saturated heterocycles. The van der Waals surface area contributed by atoms with Gasteiger partial charge in [0.05, 0.1) is 10.2 Å². The van der Waals surface area contributed by atoms with Crippen LogP contribution in [0.2, 0.25) is 0 Å². The maximum Gasteiger partial charge on any atom is 0.171 e. The third kappa shape index (κ3) is 2.86. The maximum atomic E-state index is 8.92. The molecule has 106 valence electrons. The Bertz CT molecular complexity index is 794. The summed E-state index contributed by atoms with van der Waals surface area (Å²) in [6, 6.07) is 13.9. The Balaban J connectivity index is 2.01. The Kier molecular flexibility index (Phi) is 3.81. The van der Waals surface area contributed by atoms with Crippen LogP contribution in [0.25, 0.3) is 10.2 Å². The number of thiazole rings is 1. The number of benzene rings is 2. The van der Waals surface area contributed by atoms with Gasteiger partial charge in [-0.1, -0.05) is 40.7 Å². The molecule has 1 aromatic heterocycles. The highest BCUT2D eigenvalue weighted by molar-refractivity contribution is 8.01. The predicted octanol–water partition coefficient (Wildman–Crippen LogP) is 3.85. The lowest BCUT2D eigenvalue weighted by molar-refractivity contribution is 0.318. The van der Waals surface area contributed by atoms with Gasteiger partial charge in [0, 0.05) is 10.5 Å². The zero-order valence-corrected chi connectivity index (χ0v) is 12.9. The number of nitrogens with zero attached hydrogens (tertiary/aromatic N) is 2. The van der Waals surface area contributed by atoms with E-state index < -0.39 is 0 Å². The van der Waals surface area contributed by atoms with Crippen LogP contribution in [0.1, 0.15) is 11.1 Å². The number of fused-ring (bicyclic) bond motifs is 1. The molecule has 0 unspecified atom stereocenters. The molecule has 1 heterocycles. The highest BCUT2D eigenvalue weighted by Crippen LogP contribution is 2.36. The van der Waals surface area contributed by atoms with E-state index in [9.17, 15) is 0 Å². The molecule has 2 aromatic carbocycles. The first-order valence-corrected chi connectivity index (χ1v) is 7.92. The molecule has 0 fully saturated rings. The van der Waals surface area contributed by atoms with Gasteiger partial charge in [0.25, 0.3) is 0 Å². The van der Waals surface area contributed by atoms with Gasteiger partial charge in [-0.2, -0.15) is 0 Å². The molecule has 0 amide bonds. The zero-order chi connectivity index (χ0) is 14.8. The van der Waals surface area contributed by atoms with Gasteiger partial charge in [0.2, 0.25) is 0 Å². The summed E-state index contributed by atoms with van der Waals surface area (Å²) in [7, 11) is 0. The Hall–Kier alpha value is -2.05. The number of aryl methyl sites for hydroxylation is 1. The van der Waals surface area contributed by atoms with Crippen molar-refractivity contribution in [1.82, 2.24) is 4.98 Å². The van der Waals surface area contributed by atoms with Crippen molar-refractivity contribution in [3.8, 4) is 0 Å². The van der Waals surface area contributed by atoms with E-state index >= 15 is 0 Å². The van der Waals surface area contributed by atoms with Crippen molar-refractivity contribution < 1.29 is 5.21 Å². The molecule has 0 radical (unpaired) electrons. The van der Waals surface area contributed by atoms with E-state index in [1.165, 1.54) is 11.8 Å². The van der Waals surface area contributed by atoms with E-state index in [0.717, 1.165) is 30.6 Å². The minimum absolute atomic E-state index is 0.113. The SMILES string of the molecule is Cc1ccc(Sc2nc3ccccc3s2)c(/C(N)=N/O)c1. The highest BCUT2D eigenvalue weighted by Gasteiger charge is 2.12. The van der Waals surface area contributed by atoms with Gasteiger partial charge in [-0.15, -0.1) is 11.3 Å². The van der Waals surface area contributed by atoms with Gasteiger partial charge in [0.1, 0.15) is 0 Å². The fourth-order valence-electron chi connectivity index (χ4n) is 1.98. The van der Waals surface area contributed by atoms with Gasteiger partial charge in [-0.25, -0.2) is 4.98 Å². The van der Waals surface area contributed by atoms with Gasteiger partial charge in [-0.3, -0.25) is 0 Å². The fraction of sp³-hybridized carbons (Fsp3) is 0.0667. The summed E-state index contributed by atoms with van der Waals surface area (Å²) in [5.41, 5.74) is 8.54. The molecule has 0 aliphatic heterocycles. The van der Waals surface area contributed by atoms with Crippen LogP contribution in [-0.2, 0) is 0 Å². The molecule has 3 N–H and O–H groups in total. The van der Waals surface area contributed by atoms with Crippen LogP contribution in [-0.4, -0.2) is 16.0 Å². The van der Waals surface area contributed by atoms with Crippen LogP contribution >= 0.6 is 23.1 Å². The molecule has 3 aromatic rings. The average molecular weight is 315 g/mol. The zero-order valence-electron chi connectivity index (χ0n) is 11.3. The molecular weight excluding hydrogens is 302 g/mol. The molecule has 0 aliphatic rings. The van der Waals surface area contributed by atoms with Crippen LogP contribution < -0.4 is 5.73 Å². The van der Waals surface area contributed by atoms with E-state index in [0.29, 0.717) is 0 Å². The fourth-order valence-corrected chi connectivity index (χ4v) is 4.12. The summed E-state index contributed by atoms with van der Waals surface area (Å²) in [5.74, 6) is 0.113. The Morgan fingerprint density at radius 2 is 2.10 bits per heavy atom. The quantitative estimate of drug-likeness (QED) is 0.333. The number of para-hydroxylation sites is 1. The molecule has 0 aliphatic carbocycles. The van der Waals surface area contributed by atoms with E-state index in [1.807, 2.05) is 43.3 Å². The van der Waals surface area contributed by atoms with Crippen LogP contribution in [0.4, 0.5) is 0 Å². The third-order valence-corrected chi connectivity index (χ3v) is 5.16. The van der Waals surface area contributed by atoms with Crippen LogP contribution in [0.15, 0.2) is 56.9 Å². The summed E-state index contributed by atoms with van der Waals surface area (Å²) in [6.07, 6.45) is 0. The number of amidine groups is 1. The Morgan fingerprint density at radius 1 is 1.29 bits per heavy atom. The average Bonchev–Trinajstić information content (AvgIpc) is 2.90. The molecule has 0 spiro atoms. The monoisotopic (exact) mass is 315 g/mol. The number of nitrogens with two attached hydrogens (primary N) is 1. The predicted molar refractivity (Wildman–Crippen MR) is 87.4 cm³/mol. The van der Waals surface area contributed by atoms with Gasteiger partial charge >= 0.3 is 0 Å². The first-order valence-electron chi connectivity index (χ1n) is 6.29. The number of hydrogen-bond acceptors (Lipinski definition) is 5. The van der Waals surface area contributed by atoms with Gasteiger partial charge in [0.15, 0.2) is 10.2 Å². The lowest BCUT2D eigenvalue weighted by Crippen LogP contribution is -2.14. The van der Waals surface area contributed by atoms with Crippen molar-refractivity contribution in [2.24, 2.45) is 10.9 Å². The summed E-state index contributed by atoms with van der Waals surface area (Å²) in [5, 5.41) is 12.0. The first kappa shape index (κ1) is 13.9. The molecule has 0 saturated carbocycles. The summed E-state index contributed by atoms with van der Waals surface area (Å²) >= 11 is 3.16. The Morgan fingerprint density at radius 3 is 2.86 bits per heavy atom.